The molecular formula is C19H21Br2NO. The fourth-order valence-electron chi connectivity index (χ4n) is 2.89. The number of benzene rings is 2. The van der Waals surface area contributed by atoms with Crippen LogP contribution in [0.5, 0.6) is 0 Å². The van der Waals surface area contributed by atoms with E-state index in [2.05, 4.69) is 36.8 Å². The zero-order valence-corrected chi connectivity index (χ0v) is 16.5. The molecule has 0 saturated heterocycles. The molecule has 0 aliphatic heterocycles. The summed E-state index contributed by atoms with van der Waals surface area (Å²) in [6.07, 6.45) is 0.723. The Morgan fingerprint density at radius 2 is 1.39 bits per heavy atom. The summed E-state index contributed by atoms with van der Waals surface area (Å²) in [5.74, 6) is 0.122. The molecule has 0 heterocycles. The van der Waals surface area contributed by atoms with Crippen LogP contribution in [0.2, 0.25) is 0 Å². The molecule has 0 radical (unpaired) electrons. The molecule has 0 N–H and O–H groups in total. The first-order chi connectivity index (χ1) is 11.0. The Kier molecular flexibility index (Phi) is 6.57. The van der Waals surface area contributed by atoms with Crippen LogP contribution < -0.4 is 0 Å². The van der Waals surface area contributed by atoms with Crippen molar-refractivity contribution in [1.29, 1.82) is 0 Å². The van der Waals surface area contributed by atoms with Crippen molar-refractivity contribution < 1.29 is 4.79 Å². The van der Waals surface area contributed by atoms with Gasteiger partial charge in [0.15, 0.2) is 5.78 Å². The number of carbonyl (C=O) groups is 1. The molecule has 0 bridgehead atoms. The number of ketones is 1. The molecule has 0 aliphatic carbocycles. The largest absolute Gasteiger partial charge is 0.309 e. The molecule has 0 fully saturated rings. The summed E-state index contributed by atoms with van der Waals surface area (Å²) < 4.78 is -0.391. The van der Waals surface area contributed by atoms with Crippen molar-refractivity contribution in [2.45, 2.75) is 15.6 Å². The third-order valence-corrected chi connectivity index (χ3v) is 4.92. The number of hydrogen-bond donors (Lipinski definition) is 0. The van der Waals surface area contributed by atoms with Gasteiger partial charge in [0.25, 0.3) is 0 Å². The van der Waals surface area contributed by atoms with Crippen molar-refractivity contribution in [2.24, 2.45) is 0 Å². The third-order valence-electron chi connectivity index (χ3n) is 4.09. The molecule has 0 aromatic heterocycles. The maximum Gasteiger partial charge on any atom is 0.172 e. The number of hydrogen-bond acceptors (Lipinski definition) is 2. The Bertz CT molecular complexity index is 587. The average Bonchev–Trinajstić information content (AvgIpc) is 2.57. The van der Waals surface area contributed by atoms with Gasteiger partial charge < -0.3 is 4.90 Å². The second kappa shape index (κ2) is 8.22. The highest BCUT2D eigenvalue weighted by molar-refractivity contribution is 9.25. The molecule has 2 nitrogen and oxygen atoms in total. The van der Waals surface area contributed by atoms with Crippen molar-refractivity contribution in [2.75, 3.05) is 20.6 Å². The molecule has 2 aromatic carbocycles. The van der Waals surface area contributed by atoms with E-state index in [-0.39, 0.29) is 5.78 Å². The fraction of sp³-hybridized carbons (Fsp3) is 0.316. The number of halogens is 2. The lowest BCUT2D eigenvalue weighted by molar-refractivity contribution is -0.121. The highest BCUT2D eigenvalue weighted by atomic mass is 79.9. The molecular weight excluding hydrogens is 418 g/mol. The van der Waals surface area contributed by atoms with E-state index in [1.54, 1.807) is 0 Å². The van der Waals surface area contributed by atoms with E-state index in [1.165, 1.54) is 0 Å². The zero-order chi connectivity index (χ0) is 16.9. The van der Waals surface area contributed by atoms with Crippen molar-refractivity contribution in [1.82, 2.24) is 4.90 Å². The van der Waals surface area contributed by atoms with Gasteiger partial charge in [-0.1, -0.05) is 92.5 Å². The van der Waals surface area contributed by atoms with Crippen molar-refractivity contribution in [3.8, 4) is 0 Å². The average molecular weight is 439 g/mol. The highest BCUT2D eigenvalue weighted by Gasteiger charge is 2.43. The summed E-state index contributed by atoms with van der Waals surface area (Å²) in [7, 11) is 4.07. The first-order valence-electron chi connectivity index (χ1n) is 7.56. The van der Waals surface area contributed by atoms with E-state index in [9.17, 15) is 4.79 Å². The minimum absolute atomic E-state index is 0.122. The first-order valence-corrected chi connectivity index (χ1v) is 9.40. The summed E-state index contributed by atoms with van der Waals surface area (Å²) >= 11 is 6.86. The van der Waals surface area contributed by atoms with Gasteiger partial charge in [0.05, 0.1) is 5.41 Å². The van der Waals surface area contributed by atoms with Gasteiger partial charge in [-0.3, -0.25) is 4.79 Å². The van der Waals surface area contributed by atoms with Crippen LogP contribution in [0.25, 0.3) is 0 Å². The Labute approximate surface area is 155 Å². The third kappa shape index (κ3) is 4.11. The summed E-state index contributed by atoms with van der Waals surface area (Å²) in [6.45, 7) is 0.822. The Balaban J connectivity index is 2.65. The van der Waals surface area contributed by atoms with E-state index >= 15 is 0 Å². The van der Waals surface area contributed by atoms with E-state index in [0.717, 1.165) is 24.1 Å². The number of rotatable bonds is 7. The molecule has 4 heteroatoms. The minimum atomic E-state index is -0.676. The van der Waals surface area contributed by atoms with Crippen molar-refractivity contribution in [3.05, 3.63) is 71.8 Å². The van der Waals surface area contributed by atoms with Crippen LogP contribution in [0.4, 0.5) is 0 Å². The number of carbonyl (C=O) groups excluding carboxylic acids is 1. The minimum Gasteiger partial charge on any atom is -0.309 e. The molecule has 122 valence electrons. The van der Waals surface area contributed by atoms with Crippen LogP contribution in [-0.4, -0.2) is 35.1 Å². The monoisotopic (exact) mass is 437 g/mol. The summed E-state index contributed by atoms with van der Waals surface area (Å²) in [5, 5.41) is 0. The lowest BCUT2D eigenvalue weighted by Gasteiger charge is -2.35. The van der Waals surface area contributed by atoms with Gasteiger partial charge in [-0.25, -0.2) is 0 Å². The molecule has 23 heavy (non-hydrogen) atoms. The predicted molar refractivity (Wildman–Crippen MR) is 103 cm³/mol. The Hall–Kier alpha value is -0.970. The molecule has 0 amide bonds. The van der Waals surface area contributed by atoms with Gasteiger partial charge in [-0.05, 0) is 38.2 Å². The van der Waals surface area contributed by atoms with Crippen LogP contribution in [0.3, 0.4) is 0 Å². The molecule has 0 spiro atoms. The van der Waals surface area contributed by atoms with Gasteiger partial charge in [0.1, 0.15) is 3.74 Å². The van der Waals surface area contributed by atoms with E-state index in [0.29, 0.717) is 0 Å². The second-order valence-corrected chi connectivity index (χ2v) is 8.92. The van der Waals surface area contributed by atoms with E-state index in [1.807, 2.05) is 74.8 Å². The maximum absolute atomic E-state index is 13.3. The Morgan fingerprint density at radius 3 is 1.74 bits per heavy atom. The van der Waals surface area contributed by atoms with E-state index < -0.39 is 9.15 Å². The smallest absolute Gasteiger partial charge is 0.172 e. The lowest BCUT2D eigenvalue weighted by Crippen LogP contribution is -2.42. The summed E-state index contributed by atoms with van der Waals surface area (Å²) in [6, 6.07) is 20.1. The van der Waals surface area contributed by atoms with Crippen LogP contribution in [0, 0.1) is 0 Å². The molecule has 0 atom stereocenters. The van der Waals surface area contributed by atoms with Crippen molar-refractivity contribution in [3.63, 3.8) is 0 Å². The SMILES string of the molecule is CN(C)CCC(C(=O)C(Br)Br)(c1ccccc1)c1ccccc1. The van der Waals surface area contributed by atoms with Gasteiger partial charge in [0, 0.05) is 0 Å². The van der Waals surface area contributed by atoms with Gasteiger partial charge in [-0.2, -0.15) is 0 Å². The summed E-state index contributed by atoms with van der Waals surface area (Å²) in [5.41, 5.74) is 1.38. The number of nitrogens with zero attached hydrogens (tertiary/aromatic N) is 1. The molecule has 2 rings (SSSR count). The van der Waals surface area contributed by atoms with Crippen LogP contribution >= 0.6 is 31.9 Å². The molecule has 2 aromatic rings. The maximum atomic E-state index is 13.3. The van der Waals surface area contributed by atoms with Gasteiger partial charge in [-0.15, -0.1) is 0 Å². The van der Waals surface area contributed by atoms with Crippen LogP contribution in [-0.2, 0) is 10.2 Å². The second-order valence-electron chi connectivity index (χ2n) is 5.86. The first kappa shape index (κ1) is 18.4. The molecule has 0 aliphatic rings. The standard InChI is InChI=1S/C19H21Br2NO/c1-22(2)14-13-19(17(23)18(20)21,15-9-5-3-6-10-15)16-11-7-4-8-12-16/h3-12,18H,13-14H2,1-2H3. The van der Waals surface area contributed by atoms with Gasteiger partial charge >= 0.3 is 0 Å². The topological polar surface area (TPSA) is 20.3 Å². The summed E-state index contributed by atoms with van der Waals surface area (Å²) in [4.78, 5) is 15.4. The molecule has 0 saturated carbocycles. The van der Waals surface area contributed by atoms with Crippen LogP contribution in [0.15, 0.2) is 60.7 Å². The lowest BCUT2D eigenvalue weighted by atomic mass is 9.69. The fourth-order valence-corrected chi connectivity index (χ4v) is 3.67. The normalized spacial score (nSPS) is 11.9. The number of alkyl halides is 2. The van der Waals surface area contributed by atoms with Gasteiger partial charge in [0.2, 0.25) is 0 Å². The number of Topliss-reactive ketones (excluding diaryl/α,β-unsaturated/α-hetero) is 1. The predicted octanol–water partition coefficient (Wildman–Crippen LogP) is 4.61. The van der Waals surface area contributed by atoms with Crippen molar-refractivity contribution >= 4 is 37.6 Å². The van der Waals surface area contributed by atoms with E-state index in [4.69, 9.17) is 0 Å². The quantitative estimate of drug-likeness (QED) is 0.588. The zero-order valence-electron chi connectivity index (χ0n) is 13.4. The highest BCUT2D eigenvalue weighted by Crippen LogP contribution is 2.40. The van der Waals surface area contributed by atoms with Crippen LogP contribution in [0.1, 0.15) is 17.5 Å². The Morgan fingerprint density at radius 1 is 0.957 bits per heavy atom. The molecule has 0 unspecified atom stereocenters.